The van der Waals surface area contributed by atoms with E-state index in [1.54, 1.807) is 37.3 Å². The van der Waals surface area contributed by atoms with Crippen molar-refractivity contribution in [3.8, 4) is 0 Å². The van der Waals surface area contributed by atoms with Crippen LogP contribution in [0.4, 0.5) is 16.2 Å². The van der Waals surface area contributed by atoms with Gasteiger partial charge in [-0.05, 0) is 51.0 Å². The Morgan fingerprint density at radius 1 is 1.10 bits per heavy atom. The molecule has 8 heteroatoms. The first-order valence-electron chi connectivity index (χ1n) is 9.49. The summed E-state index contributed by atoms with van der Waals surface area (Å²) in [6.07, 6.45) is 0.749. The molecule has 2 aromatic rings. The second-order valence-electron chi connectivity index (χ2n) is 7.27. The molecular weight excluding hydrogens is 390 g/mol. The number of urea groups is 1. The zero-order valence-electron chi connectivity index (χ0n) is 17.0. The van der Waals surface area contributed by atoms with Gasteiger partial charge in [0.05, 0.1) is 11.4 Å². The number of nitrogens with one attached hydrogen (secondary N) is 1. The minimum absolute atomic E-state index is 0.00378. The van der Waals surface area contributed by atoms with Gasteiger partial charge in [-0.15, -0.1) is 0 Å². The molecule has 0 aliphatic carbocycles. The highest BCUT2D eigenvalue weighted by molar-refractivity contribution is 7.94. The highest BCUT2D eigenvalue weighted by atomic mass is 32.2. The van der Waals surface area contributed by atoms with Crippen LogP contribution < -0.4 is 14.5 Å². The molecule has 0 aromatic heterocycles. The van der Waals surface area contributed by atoms with Crippen LogP contribution in [0.5, 0.6) is 0 Å². The van der Waals surface area contributed by atoms with Crippen molar-refractivity contribution in [2.75, 3.05) is 15.7 Å². The number of para-hydroxylation sites is 1. The maximum atomic E-state index is 13.3. The van der Waals surface area contributed by atoms with Crippen molar-refractivity contribution in [3.63, 3.8) is 0 Å². The summed E-state index contributed by atoms with van der Waals surface area (Å²) in [6, 6.07) is 10.6. The van der Waals surface area contributed by atoms with Crippen LogP contribution in [0, 0.1) is 13.8 Å². The van der Waals surface area contributed by atoms with Crippen molar-refractivity contribution in [3.05, 3.63) is 53.6 Å². The summed E-state index contributed by atoms with van der Waals surface area (Å²) >= 11 is 0. The maximum absolute atomic E-state index is 13.3. The summed E-state index contributed by atoms with van der Waals surface area (Å²) in [5.41, 5.74) is 2.10. The summed E-state index contributed by atoms with van der Waals surface area (Å²) in [7, 11) is -4.11. The average molecular weight is 416 g/mol. The maximum Gasteiger partial charge on any atom is 0.343 e. The fourth-order valence-corrected chi connectivity index (χ4v) is 4.95. The van der Waals surface area contributed by atoms with Crippen molar-refractivity contribution >= 4 is 33.3 Å². The molecule has 0 spiro atoms. The Kier molecular flexibility index (Phi) is 5.66. The first-order valence-corrected chi connectivity index (χ1v) is 10.9. The number of nitrogens with zero attached hydrogens (tertiary/aromatic N) is 2. The van der Waals surface area contributed by atoms with Crippen LogP contribution >= 0.6 is 0 Å². The Balaban J connectivity index is 2.10. The molecule has 3 amide bonds. The molecule has 7 nitrogen and oxygen atoms in total. The third-order valence-corrected chi connectivity index (χ3v) is 6.71. The predicted octanol–water partition coefficient (Wildman–Crippen LogP) is 3.35. The molecule has 3 rings (SSSR count). The van der Waals surface area contributed by atoms with Gasteiger partial charge in [0.25, 0.3) is 10.0 Å². The Morgan fingerprint density at radius 2 is 1.79 bits per heavy atom. The second-order valence-corrected chi connectivity index (χ2v) is 9.03. The standard InChI is InChI=1S/C21H25N3O4S/c1-5-16(4)22-20(25)13-23-18-8-6-7-9-19(18)29(27,28)24(21(23)26)17-11-10-14(2)12-15(17)3/h6-12,16H,5,13H2,1-4H3,(H,22,25)/t16-/m1/s1. The number of sulfonamides is 1. The molecule has 1 heterocycles. The molecule has 1 atom stereocenters. The SMILES string of the molecule is CC[C@@H](C)NC(=O)CN1C(=O)N(c2ccc(C)cc2C)S(=O)(=O)c2ccccc21. The van der Waals surface area contributed by atoms with E-state index >= 15 is 0 Å². The van der Waals surface area contributed by atoms with E-state index in [9.17, 15) is 18.0 Å². The van der Waals surface area contributed by atoms with Crippen LogP contribution in [0.25, 0.3) is 0 Å². The lowest BCUT2D eigenvalue weighted by atomic mass is 10.1. The number of benzene rings is 2. The Labute approximate surface area is 171 Å². The minimum atomic E-state index is -4.11. The minimum Gasteiger partial charge on any atom is -0.352 e. The largest absolute Gasteiger partial charge is 0.352 e. The molecule has 29 heavy (non-hydrogen) atoms. The topological polar surface area (TPSA) is 86.8 Å². The van der Waals surface area contributed by atoms with E-state index < -0.39 is 16.1 Å². The lowest BCUT2D eigenvalue weighted by molar-refractivity contribution is -0.120. The Morgan fingerprint density at radius 3 is 2.45 bits per heavy atom. The van der Waals surface area contributed by atoms with Gasteiger partial charge >= 0.3 is 6.03 Å². The number of carbonyl (C=O) groups excluding carboxylic acids is 2. The molecule has 0 fully saturated rings. The average Bonchev–Trinajstić information content (AvgIpc) is 2.66. The summed E-state index contributed by atoms with van der Waals surface area (Å²) in [6.45, 7) is 7.20. The van der Waals surface area contributed by atoms with Gasteiger partial charge in [-0.3, -0.25) is 9.69 Å². The first-order chi connectivity index (χ1) is 13.7. The van der Waals surface area contributed by atoms with Gasteiger partial charge < -0.3 is 5.32 Å². The Hall–Kier alpha value is -2.87. The molecular formula is C21H25N3O4S. The molecule has 2 aromatic carbocycles. The van der Waals surface area contributed by atoms with Crippen molar-refractivity contribution < 1.29 is 18.0 Å². The lowest BCUT2D eigenvalue weighted by Gasteiger charge is -2.36. The summed E-state index contributed by atoms with van der Waals surface area (Å²) in [5.74, 6) is -0.345. The second kappa shape index (κ2) is 7.87. The molecule has 0 unspecified atom stereocenters. The number of aryl methyl sites for hydroxylation is 2. The van der Waals surface area contributed by atoms with Crippen molar-refractivity contribution in [1.82, 2.24) is 5.32 Å². The van der Waals surface area contributed by atoms with Crippen LogP contribution in [0.15, 0.2) is 47.4 Å². The monoisotopic (exact) mass is 415 g/mol. The van der Waals surface area contributed by atoms with Gasteiger partial charge in [0, 0.05) is 6.04 Å². The van der Waals surface area contributed by atoms with Gasteiger partial charge in [-0.1, -0.05) is 36.8 Å². The fraction of sp³-hybridized carbons (Fsp3) is 0.333. The van der Waals surface area contributed by atoms with Crippen LogP contribution in [-0.2, 0) is 14.8 Å². The lowest BCUT2D eigenvalue weighted by Crippen LogP contribution is -2.54. The Bertz CT molecular complexity index is 1070. The third-order valence-electron chi connectivity index (χ3n) is 4.97. The van der Waals surface area contributed by atoms with Crippen molar-refractivity contribution in [1.29, 1.82) is 0 Å². The molecule has 0 saturated heterocycles. The van der Waals surface area contributed by atoms with Gasteiger partial charge in [0.2, 0.25) is 5.91 Å². The van der Waals surface area contributed by atoms with Crippen molar-refractivity contribution in [2.45, 2.75) is 45.1 Å². The normalized spacial score (nSPS) is 16.3. The van der Waals surface area contributed by atoms with Crippen molar-refractivity contribution in [2.24, 2.45) is 0 Å². The molecule has 0 bridgehead atoms. The van der Waals surface area contributed by atoms with E-state index in [1.165, 1.54) is 11.0 Å². The van der Waals surface area contributed by atoms with E-state index in [-0.39, 0.29) is 34.8 Å². The van der Waals surface area contributed by atoms with E-state index in [4.69, 9.17) is 0 Å². The smallest absolute Gasteiger partial charge is 0.343 e. The van der Waals surface area contributed by atoms with Gasteiger partial charge in [0.1, 0.15) is 11.4 Å². The highest BCUT2D eigenvalue weighted by Crippen LogP contribution is 2.38. The fourth-order valence-electron chi connectivity index (χ4n) is 3.30. The summed E-state index contributed by atoms with van der Waals surface area (Å²) < 4.78 is 27.4. The number of hydrogen-bond donors (Lipinski definition) is 1. The first kappa shape index (κ1) is 20.9. The third kappa shape index (κ3) is 3.85. The molecule has 154 valence electrons. The number of fused-ring (bicyclic) bond motifs is 1. The van der Waals surface area contributed by atoms with E-state index in [1.807, 2.05) is 26.8 Å². The number of carbonyl (C=O) groups is 2. The predicted molar refractivity (Wildman–Crippen MR) is 113 cm³/mol. The van der Waals surface area contributed by atoms with Gasteiger partial charge in [-0.25, -0.2) is 13.2 Å². The number of amides is 3. The number of anilines is 2. The van der Waals surface area contributed by atoms with Gasteiger partial charge in [0.15, 0.2) is 0 Å². The molecule has 0 radical (unpaired) electrons. The van der Waals surface area contributed by atoms with E-state index in [0.29, 0.717) is 5.56 Å². The zero-order valence-corrected chi connectivity index (χ0v) is 17.8. The van der Waals surface area contributed by atoms with Crippen LogP contribution in [0.2, 0.25) is 0 Å². The number of rotatable bonds is 5. The summed E-state index contributed by atoms with van der Waals surface area (Å²) in [5, 5.41) is 2.82. The zero-order chi connectivity index (χ0) is 21.3. The van der Waals surface area contributed by atoms with E-state index in [0.717, 1.165) is 16.3 Å². The van der Waals surface area contributed by atoms with Crippen LogP contribution in [0.3, 0.4) is 0 Å². The van der Waals surface area contributed by atoms with Crippen LogP contribution in [-0.4, -0.2) is 32.9 Å². The molecule has 1 N–H and O–H groups in total. The van der Waals surface area contributed by atoms with Gasteiger partial charge in [-0.2, -0.15) is 4.31 Å². The molecule has 0 saturated carbocycles. The molecule has 1 aliphatic heterocycles. The highest BCUT2D eigenvalue weighted by Gasteiger charge is 2.43. The number of hydrogen-bond acceptors (Lipinski definition) is 4. The van der Waals surface area contributed by atoms with E-state index in [2.05, 4.69) is 5.32 Å². The quantitative estimate of drug-likeness (QED) is 0.811. The molecule has 1 aliphatic rings. The van der Waals surface area contributed by atoms with Crippen LogP contribution in [0.1, 0.15) is 31.4 Å². The summed E-state index contributed by atoms with van der Waals surface area (Å²) in [4.78, 5) is 27.0.